The molecule has 1 aliphatic rings. The number of hydrogen-bond donors (Lipinski definition) is 2. The Morgan fingerprint density at radius 3 is 2.68 bits per heavy atom. The number of rotatable bonds is 5. The smallest absolute Gasteiger partial charge is 0.263 e. The zero-order valence-electron chi connectivity index (χ0n) is 11.5. The summed E-state index contributed by atoms with van der Waals surface area (Å²) < 4.78 is 0. The molecule has 0 aromatic heterocycles. The maximum absolute atomic E-state index is 12.5. The monoisotopic (exact) mass is 263 g/mol. The minimum absolute atomic E-state index is 0.0332. The minimum Gasteiger partial charge on any atom is -0.393 e. The molecule has 0 fully saturated rings. The van der Waals surface area contributed by atoms with Gasteiger partial charge in [-0.25, -0.2) is 0 Å². The number of carbonyl (C=O) groups excluding carboxylic acids is 1. The number of aliphatic hydroxyl groups is 2. The number of fused-ring (bicyclic) bond motifs is 1. The second-order valence-electron chi connectivity index (χ2n) is 5.24. The number of hydrogen-bond acceptors (Lipinski definition) is 3. The van der Waals surface area contributed by atoms with Crippen LogP contribution in [0.2, 0.25) is 0 Å². The number of nitrogens with zero attached hydrogens (tertiary/aromatic N) is 1. The molecule has 4 heteroatoms. The third-order valence-corrected chi connectivity index (χ3v) is 3.57. The average Bonchev–Trinajstić information content (AvgIpc) is 2.57. The Morgan fingerprint density at radius 2 is 2.05 bits per heavy atom. The first kappa shape index (κ1) is 14.0. The second kappa shape index (κ2) is 5.31. The lowest BCUT2D eigenvalue weighted by Gasteiger charge is -2.24. The van der Waals surface area contributed by atoms with Crippen LogP contribution >= 0.6 is 0 Å². The van der Waals surface area contributed by atoms with Gasteiger partial charge in [0.05, 0.1) is 11.8 Å². The summed E-state index contributed by atoms with van der Waals surface area (Å²) in [6.07, 6.45) is 1.19. The summed E-state index contributed by atoms with van der Waals surface area (Å²) >= 11 is 0. The highest BCUT2D eigenvalue weighted by molar-refractivity contribution is 6.06. The van der Waals surface area contributed by atoms with Crippen LogP contribution in [-0.4, -0.2) is 28.8 Å². The summed E-state index contributed by atoms with van der Waals surface area (Å²) in [5, 5.41) is 20.3. The van der Waals surface area contributed by atoms with Gasteiger partial charge in [-0.15, -0.1) is 0 Å². The van der Waals surface area contributed by atoms with Crippen molar-refractivity contribution < 1.29 is 15.0 Å². The van der Waals surface area contributed by atoms with Crippen molar-refractivity contribution in [3.63, 3.8) is 0 Å². The van der Waals surface area contributed by atoms with Gasteiger partial charge in [0.25, 0.3) is 5.91 Å². The Balaban J connectivity index is 2.40. The summed E-state index contributed by atoms with van der Waals surface area (Å²) in [5.41, 5.74) is -0.209. The van der Waals surface area contributed by atoms with Crippen LogP contribution in [0.15, 0.2) is 24.3 Å². The molecule has 0 unspecified atom stereocenters. The highest BCUT2D eigenvalue weighted by atomic mass is 16.3. The van der Waals surface area contributed by atoms with Crippen LogP contribution < -0.4 is 4.90 Å². The number of anilines is 1. The molecule has 1 aliphatic heterocycles. The van der Waals surface area contributed by atoms with E-state index in [0.29, 0.717) is 12.1 Å². The van der Waals surface area contributed by atoms with Crippen molar-refractivity contribution in [2.24, 2.45) is 0 Å². The largest absolute Gasteiger partial charge is 0.393 e. The third-order valence-electron chi connectivity index (χ3n) is 3.57. The lowest BCUT2D eigenvalue weighted by atomic mass is 9.90. The summed E-state index contributed by atoms with van der Waals surface area (Å²) in [6.45, 7) is 4.26. The standard InChI is InChI=1S/C15H21NO3/c1-3-4-9-16-13-8-6-5-7-12(13)15(19,14(16)18)10-11(2)17/h5-8,11,17,19H,3-4,9-10H2,1-2H3/t11-,15+/m1/s1. The molecule has 0 radical (unpaired) electrons. The highest BCUT2D eigenvalue weighted by Crippen LogP contribution is 2.42. The zero-order valence-corrected chi connectivity index (χ0v) is 11.5. The number of carbonyl (C=O) groups is 1. The first-order valence-electron chi connectivity index (χ1n) is 6.82. The molecule has 0 bridgehead atoms. The van der Waals surface area contributed by atoms with E-state index in [-0.39, 0.29) is 12.3 Å². The van der Waals surface area contributed by atoms with Crippen LogP contribution in [0.25, 0.3) is 0 Å². The molecule has 1 heterocycles. The van der Waals surface area contributed by atoms with Crippen molar-refractivity contribution in [2.45, 2.75) is 44.8 Å². The highest BCUT2D eigenvalue weighted by Gasteiger charge is 2.49. The lowest BCUT2D eigenvalue weighted by molar-refractivity contribution is -0.139. The molecule has 0 aliphatic carbocycles. The third kappa shape index (κ3) is 2.38. The van der Waals surface area contributed by atoms with Crippen molar-refractivity contribution in [1.29, 1.82) is 0 Å². The normalized spacial score (nSPS) is 23.6. The second-order valence-corrected chi connectivity index (χ2v) is 5.24. The molecule has 2 atom stereocenters. The number of aliphatic hydroxyl groups excluding tert-OH is 1. The molecule has 2 N–H and O–H groups in total. The molecule has 1 aromatic carbocycles. The van der Waals surface area contributed by atoms with E-state index in [1.807, 2.05) is 18.2 Å². The number of para-hydroxylation sites is 1. The van der Waals surface area contributed by atoms with Gasteiger partial charge in [0.2, 0.25) is 0 Å². The molecule has 0 saturated heterocycles. The van der Waals surface area contributed by atoms with E-state index in [4.69, 9.17) is 0 Å². The van der Waals surface area contributed by atoms with Crippen LogP contribution in [0.1, 0.15) is 38.7 Å². The summed E-state index contributed by atoms with van der Waals surface area (Å²) in [6, 6.07) is 7.28. The molecular formula is C15H21NO3. The van der Waals surface area contributed by atoms with E-state index < -0.39 is 11.7 Å². The average molecular weight is 263 g/mol. The van der Waals surface area contributed by atoms with Gasteiger partial charge in [-0.3, -0.25) is 4.79 Å². The fourth-order valence-corrected chi connectivity index (χ4v) is 2.67. The van der Waals surface area contributed by atoms with E-state index >= 15 is 0 Å². The Kier molecular flexibility index (Phi) is 3.92. The Morgan fingerprint density at radius 1 is 1.37 bits per heavy atom. The minimum atomic E-state index is -1.58. The summed E-state index contributed by atoms with van der Waals surface area (Å²) in [7, 11) is 0. The van der Waals surface area contributed by atoms with Gasteiger partial charge < -0.3 is 15.1 Å². The van der Waals surface area contributed by atoms with Gasteiger partial charge in [0, 0.05) is 18.5 Å². The molecule has 4 nitrogen and oxygen atoms in total. The predicted molar refractivity (Wildman–Crippen MR) is 73.9 cm³/mol. The number of benzene rings is 1. The van der Waals surface area contributed by atoms with Crippen molar-refractivity contribution >= 4 is 11.6 Å². The van der Waals surface area contributed by atoms with Gasteiger partial charge in [-0.05, 0) is 19.4 Å². The van der Waals surface area contributed by atoms with Gasteiger partial charge in [-0.1, -0.05) is 31.5 Å². The van der Waals surface area contributed by atoms with Gasteiger partial charge >= 0.3 is 0 Å². The van der Waals surface area contributed by atoms with Crippen LogP contribution in [0.5, 0.6) is 0 Å². The molecule has 1 amide bonds. The van der Waals surface area contributed by atoms with Gasteiger partial charge in [-0.2, -0.15) is 0 Å². The van der Waals surface area contributed by atoms with Gasteiger partial charge in [0.15, 0.2) is 5.60 Å². The molecule has 0 spiro atoms. The molecule has 104 valence electrons. The van der Waals surface area contributed by atoms with E-state index in [2.05, 4.69) is 6.92 Å². The Hall–Kier alpha value is -1.39. The van der Waals surface area contributed by atoms with E-state index in [1.165, 1.54) is 0 Å². The molecule has 0 saturated carbocycles. The molecule has 2 rings (SSSR count). The predicted octanol–water partition coefficient (Wildman–Crippen LogP) is 1.79. The van der Waals surface area contributed by atoms with Crippen LogP contribution in [0.4, 0.5) is 5.69 Å². The lowest BCUT2D eigenvalue weighted by Crippen LogP contribution is -2.42. The first-order chi connectivity index (χ1) is 9.00. The molecule has 1 aromatic rings. The molecular weight excluding hydrogens is 242 g/mol. The van der Waals surface area contributed by atoms with E-state index in [1.54, 1.807) is 17.9 Å². The van der Waals surface area contributed by atoms with E-state index in [9.17, 15) is 15.0 Å². The summed E-state index contributed by atoms with van der Waals surface area (Å²) in [4.78, 5) is 14.1. The van der Waals surface area contributed by atoms with Crippen LogP contribution in [0.3, 0.4) is 0 Å². The van der Waals surface area contributed by atoms with Crippen LogP contribution in [0, 0.1) is 0 Å². The Labute approximate surface area is 113 Å². The molecule has 19 heavy (non-hydrogen) atoms. The van der Waals surface area contributed by atoms with Gasteiger partial charge in [0.1, 0.15) is 0 Å². The van der Waals surface area contributed by atoms with Crippen molar-refractivity contribution in [3.8, 4) is 0 Å². The fraction of sp³-hybridized carbons (Fsp3) is 0.533. The van der Waals surface area contributed by atoms with Crippen molar-refractivity contribution in [1.82, 2.24) is 0 Å². The van der Waals surface area contributed by atoms with Crippen LogP contribution in [-0.2, 0) is 10.4 Å². The van der Waals surface area contributed by atoms with Crippen molar-refractivity contribution in [3.05, 3.63) is 29.8 Å². The maximum atomic E-state index is 12.5. The first-order valence-corrected chi connectivity index (χ1v) is 6.82. The fourth-order valence-electron chi connectivity index (χ4n) is 2.67. The maximum Gasteiger partial charge on any atom is 0.263 e. The SMILES string of the molecule is CCCCN1C(=O)[C@](O)(C[C@@H](C)O)c2ccccc21. The quantitative estimate of drug-likeness (QED) is 0.851. The van der Waals surface area contributed by atoms with E-state index in [0.717, 1.165) is 18.5 Å². The number of amides is 1. The zero-order chi connectivity index (χ0) is 14.0. The van der Waals surface area contributed by atoms with Crippen molar-refractivity contribution in [2.75, 3.05) is 11.4 Å². The Bertz CT molecular complexity index is 472. The summed E-state index contributed by atoms with van der Waals surface area (Å²) in [5.74, 6) is -0.317. The topological polar surface area (TPSA) is 60.8 Å². The number of unbranched alkanes of at least 4 members (excludes halogenated alkanes) is 1.